The van der Waals surface area contributed by atoms with Crippen LogP contribution in [0, 0.1) is 26.7 Å². The Morgan fingerprint density at radius 1 is 0.479 bits per heavy atom. The zero-order chi connectivity index (χ0) is 102. The number of nitrogens with one attached hydrogen (secondary N) is 8. The van der Waals surface area contributed by atoms with Crippen molar-refractivity contribution in [1.29, 1.82) is 0 Å². The number of aliphatic hydroxyl groups excluding tert-OH is 5. The van der Waals surface area contributed by atoms with Gasteiger partial charge in [0.2, 0.25) is 0 Å². The molecule has 142 heavy (non-hydrogen) atoms. The van der Waals surface area contributed by atoms with Crippen molar-refractivity contribution >= 4 is 110 Å². The standard InChI is InChI=1S/C26H33N5O4S.C26H35N5O3S.C25H35F2N5O3S.C24H31F2N5O3S/c1-13-9-21(28-14(2)15-3-4-15)27-10-18(13)23-22(26(34)31-16-5-6-17(31)8-7-16)30-25(36-23)24(33)29-19-11-35-12-20(19)32;1-14-11-20(30-26(2,3)4)27-13-19(14)22-21(25(34)31-16-6-7-17(31)9-8-16)29-24(35-22)23(33)28-15-5-10-18(32)12-15;1-13-6-5-9-32(13)24(35)19-20(36-23(30-19)22(34)29-14-7-8-15(33)10-14)17-12-28-18(31-25(2,3)4)11-16(17)21(26)27;1-12(2)28-18-8-13(3)15(10-27-18)20-19(23(34)31-11-24(25,26)9-14(31)4)30-22(35-20)21(33)29-16-6-5-7-17(16)32/h9-10,14-17,19-20,32H,3-8,11-12H2,1-2H3,(H,27,28)(H,29,33);11,13,15-18,32H,5-10,12H2,1-4H3,(H,27,30)(H,28,33);11-15,21,24,33,35H,5-10H2,1-4H3,(H,28,31)(H,29,34);8,10,12,14,16-17,32H,5-7,9,11H2,1-4H3,(H,27,28)(H,29,33)/t14-,16?,17?,19+,20+;15-,16?,17?,18-;13-,14-,15-,24?;14-,16-,17-/m1000/s1. The molecule has 11 fully saturated rings. The second-order valence-electron chi connectivity index (χ2n) is 42.6. The fourth-order valence-corrected chi connectivity index (χ4v) is 25.2. The summed E-state index contributed by atoms with van der Waals surface area (Å²) in [7, 11) is 0. The summed E-state index contributed by atoms with van der Waals surface area (Å²) in [4.78, 5) is 138. The van der Waals surface area contributed by atoms with Crippen LogP contribution in [0.4, 0.5) is 40.8 Å². The highest BCUT2D eigenvalue weighted by molar-refractivity contribution is 7.18. The zero-order valence-corrected chi connectivity index (χ0v) is 86.3. The Bertz CT molecular complexity index is 5900. The number of aryl methyl sites for hydroxylation is 3. The van der Waals surface area contributed by atoms with E-state index in [4.69, 9.17) is 4.74 Å². The van der Waals surface area contributed by atoms with Gasteiger partial charge in [-0.05, 0) is 279 Å². The van der Waals surface area contributed by atoms with Gasteiger partial charge in [-0.1, -0.05) is 0 Å². The van der Waals surface area contributed by atoms with Crippen LogP contribution in [0.15, 0.2) is 49.1 Å². The third-order valence-corrected chi connectivity index (χ3v) is 32.9. The summed E-state index contributed by atoms with van der Waals surface area (Å²) in [5.74, 6) is -2.11. The summed E-state index contributed by atoms with van der Waals surface area (Å²) in [5, 5.41) is 76.4. The number of aliphatic hydroxyl groups is 5. The Labute approximate surface area is 841 Å². The second kappa shape index (κ2) is 43.8. The minimum absolute atomic E-state index is 0.0360. The van der Waals surface area contributed by atoms with Crippen LogP contribution in [-0.2, 0) is 4.74 Å². The molecule has 12 atom stereocenters. The molecule has 0 spiro atoms. The van der Waals surface area contributed by atoms with Crippen molar-refractivity contribution in [2.24, 2.45) is 5.92 Å². The third-order valence-electron chi connectivity index (χ3n) is 28.5. The van der Waals surface area contributed by atoms with E-state index in [0.29, 0.717) is 112 Å². The number of anilines is 4. The highest BCUT2D eigenvalue weighted by atomic mass is 32.1. The SMILES string of the molecule is C[C@H]1CCCN1C(O)c1nc(C(=O)N[C@H]2CC[C@H](O)C2)sc1-c1cnc(NC(C)(C)C)cc1C(F)F.Cc1cc(NC(C)(C)C)ncc1-c1sc(C(=O)N[C@H]2CC[C@H](O)C2)nc1C(=O)N1C2CCC1CC2.Cc1cc(NC(C)C)ncc1-c1sc(C(=O)N[C@H]2CCC[C@@H]2O)nc1C(=O)N1CC(F)(F)C[C@@H]1C.Cc1cc(N[C@H](C)C2CC2)ncc1-c1sc(C(=O)N[C@H]2COC[C@@H]2O)nc1C(=O)N1C2CCC1CC2. The second-order valence-corrected chi connectivity index (χ2v) is 46.6. The molecule has 4 saturated carbocycles. The molecule has 13 N–H and O–H groups in total. The molecule has 11 aliphatic rings. The maximum Gasteiger partial charge on any atom is 0.280 e. The highest BCUT2D eigenvalue weighted by Crippen LogP contribution is 2.48. The van der Waals surface area contributed by atoms with E-state index in [-0.39, 0.29) is 145 Å². The number of carbonyl (C=O) groups excluding carboxylic acids is 7. The molecular formula is C101H134F4N20O13S4. The van der Waals surface area contributed by atoms with Gasteiger partial charge in [0.15, 0.2) is 26.3 Å². The summed E-state index contributed by atoms with van der Waals surface area (Å²) in [6.07, 6.45) is 18.4. The largest absolute Gasteiger partial charge is 0.393 e. The number of carbonyl (C=O) groups is 7. The number of nitrogens with zero attached hydrogens (tertiary/aromatic N) is 12. The van der Waals surface area contributed by atoms with Gasteiger partial charge in [-0.2, -0.15) is 0 Å². The highest BCUT2D eigenvalue weighted by Gasteiger charge is 2.50. The molecule has 0 radical (unpaired) electrons. The Balaban J connectivity index is 0.000000136. The fraction of sp³-hybridized carbons (Fsp3) is 0.614. The van der Waals surface area contributed by atoms with Crippen LogP contribution in [0.5, 0.6) is 0 Å². The number of thiazole rings is 4. The first kappa shape index (κ1) is 105. The molecule has 1 unspecified atom stereocenters. The smallest absolute Gasteiger partial charge is 0.280 e. The van der Waals surface area contributed by atoms with Gasteiger partial charge in [0.05, 0.1) is 75.8 Å². The van der Waals surface area contributed by atoms with Crippen molar-refractivity contribution < 1.29 is 81.4 Å². The number of rotatable bonds is 25. The quantitative estimate of drug-likeness (QED) is 0.0236. The van der Waals surface area contributed by atoms with Gasteiger partial charge >= 0.3 is 0 Å². The van der Waals surface area contributed by atoms with Gasteiger partial charge in [0.1, 0.15) is 46.0 Å². The summed E-state index contributed by atoms with van der Waals surface area (Å²) < 4.78 is 61.8. The van der Waals surface area contributed by atoms with Crippen molar-refractivity contribution in [3.63, 3.8) is 0 Å². The van der Waals surface area contributed by atoms with Crippen molar-refractivity contribution in [2.75, 3.05) is 47.6 Å². The minimum atomic E-state index is -2.97. The summed E-state index contributed by atoms with van der Waals surface area (Å²) in [6.45, 7) is 28.0. The number of likely N-dealkylation sites (tertiary alicyclic amines) is 2. The number of alkyl halides is 4. The van der Waals surface area contributed by atoms with E-state index in [9.17, 15) is 76.7 Å². The van der Waals surface area contributed by atoms with E-state index in [2.05, 4.69) is 110 Å². The van der Waals surface area contributed by atoms with Crippen molar-refractivity contribution in [3.05, 3.63) is 114 Å². The van der Waals surface area contributed by atoms with Crippen LogP contribution in [0.1, 0.15) is 329 Å². The van der Waals surface area contributed by atoms with Crippen LogP contribution in [-0.4, -0.2) is 267 Å². The summed E-state index contributed by atoms with van der Waals surface area (Å²) >= 11 is 4.47. The Morgan fingerprint density at radius 3 is 1.30 bits per heavy atom. The van der Waals surface area contributed by atoms with E-state index in [1.54, 1.807) is 25.5 Å². The monoisotopic (exact) mass is 2040 g/mol. The Hall–Kier alpha value is -9.95. The number of halogens is 4. The fourth-order valence-electron chi connectivity index (χ4n) is 21.1. The first-order valence-electron chi connectivity index (χ1n) is 50.0. The molecule has 7 saturated heterocycles. The first-order valence-corrected chi connectivity index (χ1v) is 53.3. The summed E-state index contributed by atoms with van der Waals surface area (Å²) in [5.41, 5.74) is 5.25. The molecule has 19 rings (SSSR count). The van der Waals surface area contributed by atoms with Gasteiger partial charge in [0.25, 0.3) is 53.7 Å². The topological polar surface area (TPSA) is 442 Å². The number of aromatic nitrogens is 8. The summed E-state index contributed by atoms with van der Waals surface area (Å²) in [6, 6.07) is 7.10. The number of fused-ring (bicyclic) bond motifs is 4. The number of hydrogen-bond acceptors (Lipinski definition) is 30. The normalized spacial score (nSPS) is 25.3. The van der Waals surface area contributed by atoms with Gasteiger partial charge in [-0.25, -0.2) is 57.4 Å². The predicted molar refractivity (Wildman–Crippen MR) is 538 cm³/mol. The van der Waals surface area contributed by atoms with Crippen LogP contribution in [0.2, 0.25) is 0 Å². The van der Waals surface area contributed by atoms with Crippen LogP contribution in [0.3, 0.4) is 0 Å². The van der Waals surface area contributed by atoms with E-state index >= 15 is 0 Å². The molecule has 8 aromatic rings. The van der Waals surface area contributed by atoms with Gasteiger partial charge < -0.3 is 87.5 Å². The maximum absolute atomic E-state index is 14.2. The lowest BCUT2D eigenvalue weighted by molar-refractivity contribution is -0.00525. The molecule has 41 heteroatoms. The van der Waals surface area contributed by atoms with Crippen molar-refractivity contribution in [2.45, 2.75) is 365 Å². The van der Waals surface area contributed by atoms with E-state index in [0.717, 1.165) is 144 Å². The molecular weight excluding hydrogens is 1910 g/mol. The average Bonchev–Trinajstić information content (AvgIpc) is 1.64. The van der Waals surface area contributed by atoms with Gasteiger partial charge in [-0.15, -0.1) is 45.3 Å². The Morgan fingerprint density at radius 2 is 0.908 bits per heavy atom. The van der Waals surface area contributed by atoms with Gasteiger partial charge in [0, 0.05) is 137 Å². The van der Waals surface area contributed by atoms with Crippen LogP contribution < -0.4 is 42.5 Å². The molecule has 0 aromatic carbocycles. The molecule has 768 valence electrons. The predicted octanol–water partition coefficient (Wildman–Crippen LogP) is 15.4. The number of ether oxygens (including phenoxy) is 1. The van der Waals surface area contributed by atoms with Crippen LogP contribution >= 0.6 is 45.3 Å². The van der Waals surface area contributed by atoms with Crippen molar-refractivity contribution in [1.82, 2.24) is 80.7 Å². The lowest BCUT2D eigenvalue weighted by Crippen LogP contribution is -2.42. The Kier molecular flexibility index (Phi) is 32.3. The maximum atomic E-state index is 14.2. The van der Waals surface area contributed by atoms with Crippen LogP contribution in [0.25, 0.3) is 41.8 Å². The number of pyridine rings is 4. The zero-order valence-electron chi connectivity index (χ0n) is 83.0. The van der Waals surface area contributed by atoms with Crippen molar-refractivity contribution in [3.8, 4) is 41.8 Å². The lowest BCUT2D eigenvalue weighted by atomic mass is 10.0. The molecule has 7 aliphatic heterocycles. The first-order chi connectivity index (χ1) is 67.3. The molecule has 4 bridgehead atoms. The molecule has 4 aliphatic carbocycles. The average molecular weight is 2040 g/mol. The molecule has 7 amide bonds. The number of hydrogen-bond donors (Lipinski definition) is 13. The molecule has 8 aromatic heterocycles. The molecule has 15 heterocycles. The van der Waals surface area contributed by atoms with Gasteiger partial charge in [-0.3, -0.25) is 38.5 Å². The minimum Gasteiger partial charge on any atom is -0.393 e. The van der Waals surface area contributed by atoms with E-state index < -0.39 is 85.6 Å². The lowest BCUT2D eigenvalue weighted by Gasteiger charge is -2.27. The number of amides is 7. The van der Waals surface area contributed by atoms with E-state index in [1.807, 2.05) is 95.2 Å². The third kappa shape index (κ3) is 24.5. The van der Waals surface area contributed by atoms with E-state index in [1.165, 1.54) is 47.8 Å². The molecule has 33 nitrogen and oxygen atoms in total.